The van der Waals surface area contributed by atoms with Crippen LogP contribution in [0.5, 0.6) is 5.75 Å². The van der Waals surface area contributed by atoms with E-state index < -0.39 is 41.4 Å². The standard InChI is InChI=1S/C17H13F4NO4/c1-25-16(24)11-7-14(13(19)8-12(11)18)22-15(23)6-9-2-4-10(5-3-9)26-17(20)21/h2-5,7-8,17H,6H2,1H3,(H,22,23). The monoisotopic (exact) mass is 371 g/mol. The smallest absolute Gasteiger partial charge is 0.387 e. The van der Waals surface area contributed by atoms with Crippen LogP contribution in [0.2, 0.25) is 0 Å². The molecule has 138 valence electrons. The number of hydrogen-bond donors (Lipinski definition) is 1. The first-order valence-electron chi connectivity index (χ1n) is 7.21. The molecule has 2 aromatic carbocycles. The van der Waals surface area contributed by atoms with Crippen molar-refractivity contribution in [2.24, 2.45) is 0 Å². The molecule has 0 heterocycles. The van der Waals surface area contributed by atoms with Crippen LogP contribution in [0, 0.1) is 11.6 Å². The molecular weight excluding hydrogens is 358 g/mol. The number of carbonyl (C=O) groups is 2. The molecule has 0 aromatic heterocycles. The Hall–Kier alpha value is -3.10. The van der Waals surface area contributed by atoms with Gasteiger partial charge >= 0.3 is 12.6 Å². The fourth-order valence-corrected chi connectivity index (χ4v) is 2.08. The Balaban J connectivity index is 2.09. The molecule has 2 aromatic rings. The van der Waals surface area contributed by atoms with Gasteiger partial charge < -0.3 is 14.8 Å². The molecule has 0 unspecified atom stereocenters. The molecule has 1 amide bonds. The zero-order chi connectivity index (χ0) is 19.3. The minimum absolute atomic E-state index is 0.0727. The van der Waals surface area contributed by atoms with E-state index in [1.54, 1.807) is 0 Å². The quantitative estimate of drug-likeness (QED) is 0.623. The fraction of sp³-hybridized carbons (Fsp3) is 0.176. The van der Waals surface area contributed by atoms with E-state index in [1.807, 2.05) is 0 Å². The Morgan fingerprint density at radius 1 is 1.08 bits per heavy atom. The van der Waals surface area contributed by atoms with Gasteiger partial charge in [-0.05, 0) is 23.8 Å². The lowest BCUT2D eigenvalue weighted by Gasteiger charge is -2.10. The van der Waals surface area contributed by atoms with Crippen molar-refractivity contribution in [1.82, 2.24) is 0 Å². The predicted octanol–water partition coefficient (Wildman–Crippen LogP) is 3.53. The van der Waals surface area contributed by atoms with Crippen LogP contribution in [-0.2, 0) is 16.0 Å². The Bertz CT molecular complexity index is 809. The van der Waals surface area contributed by atoms with E-state index in [-0.39, 0.29) is 12.2 Å². The molecule has 5 nitrogen and oxygen atoms in total. The van der Waals surface area contributed by atoms with E-state index in [4.69, 9.17) is 0 Å². The molecule has 0 bridgehead atoms. The molecular formula is C17H13F4NO4. The Kier molecular flexibility index (Phi) is 6.16. The maximum absolute atomic E-state index is 13.8. The minimum Gasteiger partial charge on any atom is -0.465 e. The molecule has 0 saturated carbocycles. The maximum atomic E-state index is 13.8. The summed E-state index contributed by atoms with van der Waals surface area (Å²) in [7, 11) is 1.03. The van der Waals surface area contributed by atoms with Crippen molar-refractivity contribution in [3.05, 3.63) is 59.2 Å². The molecule has 0 aliphatic carbocycles. The second-order valence-electron chi connectivity index (χ2n) is 5.05. The van der Waals surface area contributed by atoms with E-state index >= 15 is 0 Å². The summed E-state index contributed by atoms with van der Waals surface area (Å²) >= 11 is 0. The third-order valence-corrected chi connectivity index (χ3v) is 3.25. The second kappa shape index (κ2) is 8.32. The molecule has 9 heteroatoms. The Morgan fingerprint density at radius 2 is 1.73 bits per heavy atom. The van der Waals surface area contributed by atoms with Crippen molar-refractivity contribution in [3.63, 3.8) is 0 Å². The summed E-state index contributed by atoms with van der Waals surface area (Å²) in [4.78, 5) is 23.4. The number of hydrogen-bond acceptors (Lipinski definition) is 4. The number of carbonyl (C=O) groups excluding carboxylic acids is 2. The van der Waals surface area contributed by atoms with Crippen LogP contribution in [0.4, 0.5) is 23.2 Å². The van der Waals surface area contributed by atoms with Gasteiger partial charge in [-0.15, -0.1) is 0 Å². The molecule has 0 saturated heterocycles. The SMILES string of the molecule is COC(=O)c1cc(NC(=O)Cc2ccc(OC(F)F)cc2)c(F)cc1F. The Morgan fingerprint density at radius 3 is 2.31 bits per heavy atom. The Labute approximate surface area is 145 Å². The lowest BCUT2D eigenvalue weighted by atomic mass is 10.1. The molecule has 2 rings (SSSR count). The number of esters is 1. The van der Waals surface area contributed by atoms with Crippen LogP contribution in [0.1, 0.15) is 15.9 Å². The molecule has 0 aliphatic heterocycles. The second-order valence-corrected chi connectivity index (χ2v) is 5.05. The van der Waals surface area contributed by atoms with Crippen molar-refractivity contribution in [3.8, 4) is 5.75 Å². The molecule has 0 fully saturated rings. The normalized spacial score (nSPS) is 10.5. The molecule has 0 spiro atoms. The number of ether oxygens (including phenoxy) is 2. The minimum atomic E-state index is -2.96. The first kappa shape index (κ1) is 19.2. The van der Waals surface area contributed by atoms with Crippen LogP contribution < -0.4 is 10.1 Å². The van der Waals surface area contributed by atoms with Crippen molar-refractivity contribution in [2.75, 3.05) is 12.4 Å². The molecule has 1 N–H and O–H groups in total. The number of amides is 1. The summed E-state index contributed by atoms with van der Waals surface area (Å²) in [5.41, 5.74) is -0.480. The summed E-state index contributed by atoms with van der Waals surface area (Å²) in [5, 5.41) is 2.21. The van der Waals surface area contributed by atoms with Gasteiger partial charge in [-0.1, -0.05) is 12.1 Å². The van der Waals surface area contributed by atoms with Gasteiger partial charge in [-0.2, -0.15) is 8.78 Å². The van der Waals surface area contributed by atoms with E-state index in [2.05, 4.69) is 14.8 Å². The van der Waals surface area contributed by atoms with E-state index in [9.17, 15) is 27.2 Å². The highest BCUT2D eigenvalue weighted by molar-refractivity contribution is 5.95. The highest BCUT2D eigenvalue weighted by atomic mass is 19.3. The molecule has 0 aliphatic rings. The van der Waals surface area contributed by atoms with Gasteiger partial charge in [-0.3, -0.25) is 4.79 Å². The van der Waals surface area contributed by atoms with Gasteiger partial charge in [0.2, 0.25) is 5.91 Å². The first-order chi connectivity index (χ1) is 12.3. The van der Waals surface area contributed by atoms with Crippen molar-refractivity contribution in [1.29, 1.82) is 0 Å². The summed E-state index contributed by atoms with van der Waals surface area (Å²) in [6, 6.07) is 6.56. The van der Waals surface area contributed by atoms with Gasteiger partial charge in [0.25, 0.3) is 0 Å². The highest BCUT2D eigenvalue weighted by Crippen LogP contribution is 2.21. The zero-order valence-corrected chi connectivity index (χ0v) is 13.4. The van der Waals surface area contributed by atoms with E-state index in [0.717, 1.165) is 13.2 Å². The van der Waals surface area contributed by atoms with Crippen molar-refractivity contribution in [2.45, 2.75) is 13.0 Å². The largest absolute Gasteiger partial charge is 0.465 e. The number of nitrogens with one attached hydrogen (secondary N) is 1. The van der Waals surface area contributed by atoms with E-state index in [1.165, 1.54) is 24.3 Å². The number of benzene rings is 2. The van der Waals surface area contributed by atoms with Crippen molar-refractivity contribution >= 4 is 17.6 Å². The lowest BCUT2D eigenvalue weighted by molar-refractivity contribution is -0.115. The molecule has 0 atom stereocenters. The average Bonchev–Trinajstić information content (AvgIpc) is 2.58. The highest BCUT2D eigenvalue weighted by Gasteiger charge is 2.18. The van der Waals surface area contributed by atoms with Crippen LogP contribution in [0.3, 0.4) is 0 Å². The summed E-state index contributed by atoms with van der Waals surface area (Å²) in [6.07, 6.45) is -0.209. The third-order valence-electron chi connectivity index (χ3n) is 3.25. The third kappa shape index (κ3) is 4.95. The van der Waals surface area contributed by atoms with Crippen LogP contribution in [0.25, 0.3) is 0 Å². The van der Waals surface area contributed by atoms with Gasteiger partial charge in [0.05, 0.1) is 24.8 Å². The summed E-state index contributed by atoms with van der Waals surface area (Å²) in [5.74, 6) is -3.94. The fourth-order valence-electron chi connectivity index (χ4n) is 2.08. The summed E-state index contributed by atoms with van der Waals surface area (Å²) in [6.45, 7) is -2.96. The van der Waals surface area contributed by atoms with Gasteiger partial charge in [-0.25, -0.2) is 13.6 Å². The topological polar surface area (TPSA) is 64.6 Å². The number of rotatable bonds is 6. The van der Waals surface area contributed by atoms with Gasteiger partial charge in [0, 0.05) is 6.07 Å². The molecule has 26 heavy (non-hydrogen) atoms. The summed E-state index contributed by atoms with van der Waals surface area (Å²) < 4.78 is 60.0. The lowest BCUT2D eigenvalue weighted by Crippen LogP contribution is -2.16. The number of anilines is 1. The van der Waals surface area contributed by atoms with Crippen molar-refractivity contribution < 1.29 is 36.6 Å². The van der Waals surface area contributed by atoms with Crippen LogP contribution in [0.15, 0.2) is 36.4 Å². The first-order valence-corrected chi connectivity index (χ1v) is 7.21. The number of methoxy groups -OCH3 is 1. The van der Waals surface area contributed by atoms with E-state index in [0.29, 0.717) is 11.6 Å². The van der Waals surface area contributed by atoms with Crippen LogP contribution in [-0.4, -0.2) is 25.6 Å². The van der Waals surface area contributed by atoms with Crippen LogP contribution >= 0.6 is 0 Å². The molecule has 0 radical (unpaired) electrons. The maximum Gasteiger partial charge on any atom is 0.387 e. The van der Waals surface area contributed by atoms with Gasteiger partial charge in [0.15, 0.2) is 0 Å². The predicted molar refractivity (Wildman–Crippen MR) is 83.1 cm³/mol. The average molecular weight is 371 g/mol. The van der Waals surface area contributed by atoms with Gasteiger partial charge in [0.1, 0.15) is 17.4 Å². The number of halogens is 4. The number of alkyl halides is 2. The zero-order valence-electron chi connectivity index (χ0n) is 13.4.